The summed E-state index contributed by atoms with van der Waals surface area (Å²) in [5.41, 5.74) is -0.0840. The van der Waals surface area contributed by atoms with Crippen molar-refractivity contribution < 1.29 is 13.2 Å². The number of allylic oxidation sites excluding steroid dienone is 1. The third-order valence-electron chi connectivity index (χ3n) is 3.48. The van der Waals surface area contributed by atoms with Crippen molar-refractivity contribution in [1.82, 2.24) is 9.66 Å². The quantitative estimate of drug-likeness (QED) is 0.765. The molecular formula is C13H11N3O4S. The zero-order chi connectivity index (χ0) is 15.4. The molecule has 8 heteroatoms. The third-order valence-corrected chi connectivity index (χ3v) is 5.36. The van der Waals surface area contributed by atoms with Gasteiger partial charge in [0.2, 0.25) is 0 Å². The lowest BCUT2D eigenvalue weighted by molar-refractivity contribution is -0.114. The minimum absolute atomic E-state index is 0.0624. The van der Waals surface area contributed by atoms with Gasteiger partial charge in [-0.1, -0.05) is 12.1 Å². The molecule has 0 spiro atoms. The van der Waals surface area contributed by atoms with Crippen molar-refractivity contribution in [2.45, 2.75) is 13.8 Å². The average molecular weight is 305 g/mol. The fourth-order valence-electron chi connectivity index (χ4n) is 2.13. The van der Waals surface area contributed by atoms with Gasteiger partial charge in [0.25, 0.3) is 21.5 Å². The largest absolute Gasteiger partial charge is 0.284 e. The number of fused-ring (bicyclic) bond motifs is 1. The fraction of sp³-hybridized carbons (Fsp3) is 0.154. The van der Waals surface area contributed by atoms with Crippen LogP contribution in [0.25, 0.3) is 10.9 Å². The van der Waals surface area contributed by atoms with Crippen LogP contribution in [0.5, 0.6) is 0 Å². The minimum atomic E-state index is -4.02. The monoisotopic (exact) mass is 305 g/mol. The Morgan fingerprint density at radius 2 is 1.76 bits per heavy atom. The Kier molecular flexibility index (Phi) is 2.74. The van der Waals surface area contributed by atoms with Crippen LogP contribution in [0.4, 0.5) is 0 Å². The standard InChI is InChI=1S/C13H11N3O4S/c1-8-9(2)21(19,20)16(12(8)17)15-7-14-11-6-4-3-5-10(11)13(15)18/h3-7H,1-2H3. The van der Waals surface area contributed by atoms with E-state index in [1.54, 1.807) is 18.2 Å². The molecule has 1 aliphatic rings. The average Bonchev–Trinajstić information content (AvgIpc) is 2.61. The molecule has 0 fully saturated rings. The molecule has 108 valence electrons. The zero-order valence-electron chi connectivity index (χ0n) is 11.3. The Morgan fingerprint density at radius 1 is 1.10 bits per heavy atom. The second kappa shape index (κ2) is 4.26. The zero-order valence-corrected chi connectivity index (χ0v) is 12.1. The first-order valence-corrected chi connectivity index (χ1v) is 7.53. The van der Waals surface area contributed by atoms with Gasteiger partial charge in [0.05, 0.1) is 15.8 Å². The van der Waals surface area contributed by atoms with Crippen molar-refractivity contribution in [2.24, 2.45) is 0 Å². The second-order valence-corrected chi connectivity index (χ2v) is 6.55. The summed E-state index contributed by atoms with van der Waals surface area (Å²) < 4.78 is 25.7. The van der Waals surface area contributed by atoms with Crippen LogP contribution in [-0.4, -0.2) is 24.0 Å². The van der Waals surface area contributed by atoms with E-state index in [2.05, 4.69) is 4.98 Å². The van der Waals surface area contributed by atoms with Gasteiger partial charge in [-0.25, -0.2) is 4.98 Å². The lowest BCUT2D eigenvalue weighted by Crippen LogP contribution is -2.46. The van der Waals surface area contributed by atoms with E-state index in [4.69, 9.17) is 0 Å². The molecule has 1 aliphatic heterocycles. The summed E-state index contributed by atoms with van der Waals surface area (Å²) >= 11 is 0. The number of amides is 1. The molecule has 21 heavy (non-hydrogen) atoms. The Labute approximate surface area is 120 Å². The molecule has 7 nitrogen and oxygen atoms in total. The molecule has 0 unspecified atom stereocenters. The summed E-state index contributed by atoms with van der Waals surface area (Å²) in [5.74, 6) is -0.744. The maximum Gasteiger partial charge on any atom is 0.284 e. The van der Waals surface area contributed by atoms with Crippen LogP contribution in [0, 0.1) is 0 Å². The van der Waals surface area contributed by atoms with Gasteiger partial charge in [0.1, 0.15) is 6.33 Å². The maximum atomic E-state index is 12.4. The van der Waals surface area contributed by atoms with Crippen molar-refractivity contribution in [2.75, 3.05) is 4.41 Å². The van der Waals surface area contributed by atoms with Gasteiger partial charge in [-0.2, -0.15) is 13.1 Å². The van der Waals surface area contributed by atoms with E-state index in [-0.39, 0.29) is 15.9 Å². The van der Waals surface area contributed by atoms with Crippen LogP contribution in [0.15, 0.2) is 45.9 Å². The molecular weight excluding hydrogens is 294 g/mol. The van der Waals surface area contributed by atoms with Crippen LogP contribution < -0.4 is 9.97 Å². The lowest BCUT2D eigenvalue weighted by atomic mass is 10.2. The lowest BCUT2D eigenvalue weighted by Gasteiger charge is -2.17. The number of rotatable bonds is 1. The molecule has 0 N–H and O–H groups in total. The third kappa shape index (κ3) is 1.72. The van der Waals surface area contributed by atoms with Crippen LogP contribution in [-0.2, 0) is 14.8 Å². The predicted molar refractivity (Wildman–Crippen MR) is 76.5 cm³/mol. The summed E-state index contributed by atoms with van der Waals surface area (Å²) in [5, 5.41) is 0.241. The molecule has 2 heterocycles. The Morgan fingerprint density at radius 3 is 2.38 bits per heavy atom. The summed E-state index contributed by atoms with van der Waals surface area (Å²) in [4.78, 5) is 28.5. The van der Waals surface area contributed by atoms with Gasteiger partial charge in [-0.3, -0.25) is 9.59 Å². The van der Waals surface area contributed by atoms with E-state index < -0.39 is 21.5 Å². The first-order chi connectivity index (χ1) is 9.85. The van der Waals surface area contributed by atoms with Gasteiger partial charge < -0.3 is 0 Å². The Hall–Kier alpha value is -2.48. The van der Waals surface area contributed by atoms with Crippen molar-refractivity contribution >= 4 is 26.8 Å². The predicted octanol–water partition coefficient (Wildman–Crippen LogP) is 0.498. The number of nitrogens with zero attached hydrogens (tertiary/aromatic N) is 3. The fourth-order valence-corrected chi connectivity index (χ4v) is 3.57. The van der Waals surface area contributed by atoms with Gasteiger partial charge in [0, 0.05) is 5.57 Å². The number of sulfonamides is 1. The van der Waals surface area contributed by atoms with Gasteiger partial charge in [-0.05, 0) is 26.0 Å². The summed E-state index contributed by atoms with van der Waals surface area (Å²) in [6.45, 7) is 2.75. The van der Waals surface area contributed by atoms with Gasteiger partial charge >= 0.3 is 0 Å². The number of benzene rings is 1. The highest BCUT2D eigenvalue weighted by atomic mass is 32.2. The molecule has 1 aromatic carbocycles. The molecule has 0 saturated carbocycles. The summed E-state index contributed by atoms with van der Waals surface area (Å²) in [6, 6.07) is 6.52. The highest BCUT2D eigenvalue weighted by Gasteiger charge is 2.41. The SMILES string of the molecule is CC1=C(C)S(=O)(=O)N(n2cnc3ccccc3c2=O)C1=O. The van der Waals surface area contributed by atoms with E-state index in [9.17, 15) is 18.0 Å². The van der Waals surface area contributed by atoms with E-state index >= 15 is 0 Å². The van der Waals surface area contributed by atoms with Crippen LogP contribution in [0.3, 0.4) is 0 Å². The van der Waals surface area contributed by atoms with E-state index in [0.29, 0.717) is 9.93 Å². The molecule has 0 radical (unpaired) electrons. The molecule has 1 amide bonds. The maximum absolute atomic E-state index is 12.4. The Balaban J connectivity index is 2.31. The minimum Gasteiger partial charge on any atom is -0.267 e. The van der Waals surface area contributed by atoms with E-state index in [0.717, 1.165) is 11.0 Å². The first-order valence-electron chi connectivity index (χ1n) is 6.09. The molecule has 0 bridgehead atoms. The molecule has 0 saturated heterocycles. The van der Waals surface area contributed by atoms with Crippen molar-refractivity contribution in [3.8, 4) is 0 Å². The van der Waals surface area contributed by atoms with Gasteiger partial charge in [-0.15, -0.1) is 4.41 Å². The van der Waals surface area contributed by atoms with Gasteiger partial charge in [0.15, 0.2) is 0 Å². The van der Waals surface area contributed by atoms with Crippen molar-refractivity contribution in [3.05, 3.63) is 51.4 Å². The van der Waals surface area contributed by atoms with Crippen molar-refractivity contribution in [1.29, 1.82) is 0 Å². The first kappa shape index (κ1) is 13.5. The molecule has 0 aliphatic carbocycles. The molecule has 0 atom stereocenters. The van der Waals surface area contributed by atoms with Crippen LogP contribution in [0.2, 0.25) is 0 Å². The number of aromatic nitrogens is 2. The van der Waals surface area contributed by atoms with Crippen molar-refractivity contribution in [3.63, 3.8) is 0 Å². The highest BCUT2D eigenvalue weighted by Crippen LogP contribution is 2.25. The number of para-hydroxylation sites is 1. The topological polar surface area (TPSA) is 89.3 Å². The van der Waals surface area contributed by atoms with Crippen LogP contribution >= 0.6 is 0 Å². The molecule has 3 rings (SSSR count). The normalized spacial score (nSPS) is 17.8. The Bertz CT molecular complexity index is 972. The smallest absolute Gasteiger partial charge is 0.267 e. The van der Waals surface area contributed by atoms with E-state index in [1.165, 1.54) is 19.9 Å². The molecule has 2 aromatic rings. The second-order valence-electron chi connectivity index (χ2n) is 4.65. The summed E-state index contributed by atoms with van der Waals surface area (Å²) in [7, 11) is -4.02. The van der Waals surface area contributed by atoms with E-state index in [1.807, 2.05) is 0 Å². The number of hydrogen-bond donors (Lipinski definition) is 0. The highest BCUT2D eigenvalue weighted by molar-refractivity contribution is 7.97. The number of hydrogen-bond acceptors (Lipinski definition) is 5. The number of carbonyl (C=O) groups excluding carboxylic acids is 1. The van der Waals surface area contributed by atoms with Crippen LogP contribution in [0.1, 0.15) is 13.8 Å². The molecule has 1 aromatic heterocycles. The summed E-state index contributed by atoms with van der Waals surface area (Å²) in [6.07, 6.45) is 1.05. The number of carbonyl (C=O) groups is 1.